The summed E-state index contributed by atoms with van der Waals surface area (Å²) in [5.41, 5.74) is 0. The van der Waals surface area contributed by atoms with E-state index in [1.165, 1.54) is 45.6 Å². The molecule has 0 saturated heterocycles. The van der Waals surface area contributed by atoms with Crippen LogP contribution < -0.4 is 5.32 Å². The van der Waals surface area contributed by atoms with Gasteiger partial charge in [-0.1, -0.05) is 38.2 Å². The molecule has 0 aliphatic rings. The summed E-state index contributed by atoms with van der Waals surface area (Å²) < 4.78 is 4.53. The number of allylic oxidation sites excluding steroid dienone is 1. The van der Waals surface area contributed by atoms with Gasteiger partial charge in [0.05, 0.1) is 13.7 Å². The number of ether oxygens (including phenoxy) is 1. The van der Waals surface area contributed by atoms with E-state index in [0.717, 1.165) is 19.4 Å². The third kappa shape index (κ3) is 13.1. The third-order valence-electron chi connectivity index (χ3n) is 2.76. The van der Waals surface area contributed by atoms with Crippen molar-refractivity contribution in [1.29, 1.82) is 0 Å². The summed E-state index contributed by atoms with van der Waals surface area (Å²) in [6.45, 7) is 4.95. The van der Waals surface area contributed by atoms with E-state index in [2.05, 4.69) is 16.6 Å². The molecule has 100 valence electrons. The van der Waals surface area contributed by atoms with Crippen molar-refractivity contribution in [2.75, 3.05) is 20.2 Å². The van der Waals surface area contributed by atoms with Gasteiger partial charge in [0.2, 0.25) is 0 Å². The second kappa shape index (κ2) is 13.2. The molecule has 0 aromatic rings. The summed E-state index contributed by atoms with van der Waals surface area (Å²) in [6, 6.07) is 0. The molecular formula is C14H27NO2. The van der Waals surface area contributed by atoms with Gasteiger partial charge in [0.25, 0.3) is 0 Å². The highest BCUT2D eigenvalue weighted by Crippen LogP contribution is 2.08. The van der Waals surface area contributed by atoms with E-state index in [9.17, 15) is 4.79 Å². The lowest BCUT2D eigenvalue weighted by Gasteiger charge is -2.03. The van der Waals surface area contributed by atoms with Gasteiger partial charge in [0.1, 0.15) is 0 Å². The Morgan fingerprint density at radius 3 is 2.29 bits per heavy atom. The molecule has 0 unspecified atom stereocenters. The molecule has 0 spiro atoms. The van der Waals surface area contributed by atoms with Gasteiger partial charge in [-0.15, -0.1) is 6.58 Å². The van der Waals surface area contributed by atoms with E-state index in [0.29, 0.717) is 6.54 Å². The molecule has 0 radical (unpaired) electrons. The number of rotatable bonds is 12. The number of carbonyl (C=O) groups excluding carboxylic acids is 1. The minimum absolute atomic E-state index is 0.188. The Kier molecular flexibility index (Phi) is 12.6. The lowest BCUT2D eigenvalue weighted by Crippen LogP contribution is -2.24. The van der Waals surface area contributed by atoms with Crippen LogP contribution >= 0.6 is 0 Å². The summed E-state index contributed by atoms with van der Waals surface area (Å²) in [6.07, 6.45) is 12.1. The Balaban J connectivity index is 2.98. The molecule has 0 atom stereocenters. The Morgan fingerprint density at radius 2 is 1.71 bits per heavy atom. The van der Waals surface area contributed by atoms with Crippen LogP contribution in [0.2, 0.25) is 0 Å². The van der Waals surface area contributed by atoms with E-state index >= 15 is 0 Å². The van der Waals surface area contributed by atoms with Crippen LogP contribution in [0.25, 0.3) is 0 Å². The lowest BCUT2D eigenvalue weighted by molar-refractivity contribution is -0.139. The Hall–Kier alpha value is -0.830. The molecule has 0 bridgehead atoms. The topological polar surface area (TPSA) is 38.3 Å². The van der Waals surface area contributed by atoms with Gasteiger partial charge in [-0.05, 0) is 25.8 Å². The largest absolute Gasteiger partial charge is 0.468 e. The lowest BCUT2D eigenvalue weighted by atomic mass is 10.1. The first kappa shape index (κ1) is 16.2. The van der Waals surface area contributed by atoms with Crippen molar-refractivity contribution in [3.8, 4) is 0 Å². The maximum absolute atomic E-state index is 10.8. The normalized spacial score (nSPS) is 10.2. The van der Waals surface area contributed by atoms with Crippen molar-refractivity contribution < 1.29 is 9.53 Å². The Labute approximate surface area is 106 Å². The van der Waals surface area contributed by atoms with Gasteiger partial charge in [-0.3, -0.25) is 4.79 Å². The molecule has 0 aliphatic heterocycles. The standard InChI is InChI=1S/C14H27NO2/c1-3-4-5-6-7-8-9-10-11-12-15-13-14(16)17-2/h3,15H,1,4-13H2,2H3. The van der Waals surface area contributed by atoms with Crippen LogP contribution in [-0.2, 0) is 9.53 Å². The number of nitrogens with one attached hydrogen (secondary N) is 1. The summed E-state index contributed by atoms with van der Waals surface area (Å²) in [5.74, 6) is -0.188. The molecule has 1 N–H and O–H groups in total. The van der Waals surface area contributed by atoms with E-state index in [1.54, 1.807) is 0 Å². The van der Waals surface area contributed by atoms with Crippen LogP contribution in [0, 0.1) is 0 Å². The molecule has 0 fully saturated rings. The molecule has 0 saturated carbocycles. The van der Waals surface area contributed by atoms with E-state index in [-0.39, 0.29) is 5.97 Å². The van der Waals surface area contributed by atoms with Crippen LogP contribution in [0.3, 0.4) is 0 Å². The smallest absolute Gasteiger partial charge is 0.319 e. The van der Waals surface area contributed by atoms with Gasteiger partial charge >= 0.3 is 5.97 Å². The van der Waals surface area contributed by atoms with Crippen LogP contribution in [-0.4, -0.2) is 26.2 Å². The second-order valence-corrected chi connectivity index (χ2v) is 4.31. The maximum Gasteiger partial charge on any atom is 0.319 e. The number of hydrogen-bond donors (Lipinski definition) is 1. The summed E-state index contributed by atoms with van der Waals surface area (Å²) in [7, 11) is 1.41. The van der Waals surface area contributed by atoms with Crippen LogP contribution in [0.1, 0.15) is 51.4 Å². The van der Waals surface area contributed by atoms with Crippen molar-refractivity contribution in [3.05, 3.63) is 12.7 Å². The zero-order chi connectivity index (χ0) is 12.8. The van der Waals surface area contributed by atoms with Crippen LogP contribution in [0.15, 0.2) is 12.7 Å². The minimum atomic E-state index is -0.188. The van der Waals surface area contributed by atoms with Gasteiger partial charge in [-0.25, -0.2) is 0 Å². The van der Waals surface area contributed by atoms with Crippen molar-refractivity contribution in [2.24, 2.45) is 0 Å². The zero-order valence-electron chi connectivity index (χ0n) is 11.2. The SMILES string of the molecule is C=CCCCCCCCCCNCC(=O)OC. The highest BCUT2D eigenvalue weighted by molar-refractivity contribution is 5.71. The summed E-state index contributed by atoms with van der Waals surface area (Å²) in [5, 5.41) is 3.07. The average Bonchev–Trinajstić information content (AvgIpc) is 2.35. The van der Waals surface area contributed by atoms with Crippen molar-refractivity contribution in [1.82, 2.24) is 5.32 Å². The van der Waals surface area contributed by atoms with Gasteiger partial charge in [-0.2, -0.15) is 0 Å². The molecule has 0 amide bonds. The zero-order valence-corrected chi connectivity index (χ0v) is 11.2. The minimum Gasteiger partial charge on any atom is -0.468 e. The second-order valence-electron chi connectivity index (χ2n) is 4.31. The van der Waals surface area contributed by atoms with E-state index in [4.69, 9.17) is 0 Å². The average molecular weight is 241 g/mol. The number of esters is 1. The van der Waals surface area contributed by atoms with Crippen LogP contribution in [0.5, 0.6) is 0 Å². The highest BCUT2D eigenvalue weighted by Gasteiger charge is 1.97. The van der Waals surface area contributed by atoms with Crippen molar-refractivity contribution in [3.63, 3.8) is 0 Å². The number of unbranched alkanes of at least 4 members (excludes halogenated alkanes) is 7. The number of hydrogen-bond acceptors (Lipinski definition) is 3. The predicted octanol–water partition coefficient (Wildman–Crippen LogP) is 3.06. The number of methoxy groups -OCH3 is 1. The quantitative estimate of drug-likeness (QED) is 0.324. The highest BCUT2D eigenvalue weighted by atomic mass is 16.5. The molecule has 3 heteroatoms. The fourth-order valence-electron chi connectivity index (χ4n) is 1.69. The summed E-state index contributed by atoms with van der Waals surface area (Å²) >= 11 is 0. The van der Waals surface area contributed by atoms with E-state index in [1.807, 2.05) is 6.08 Å². The fourth-order valence-corrected chi connectivity index (χ4v) is 1.69. The first-order chi connectivity index (χ1) is 8.31. The molecule has 0 rings (SSSR count). The Morgan fingerprint density at radius 1 is 1.12 bits per heavy atom. The molecular weight excluding hydrogens is 214 g/mol. The van der Waals surface area contributed by atoms with Gasteiger partial charge < -0.3 is 10.1 Å². The van der Waals surface area contributed by atoms with E-state index < -0.39 is 0 Å². The van der Waals surface area contributed by atoms with Crippen molar-refractivity contribution in [2.45, 2.75) is 51.4 Å². The predicted molar refractivity (Wildman–Crippen MR) is 72.0 cm³/mol. The molecule has 3 nitrogen and oxygen atoms in total. The monoisotopic (exact) mass is 241 g/mol. The molecule has 0 aromatic heterocycles. The van der Waals surface area contributed by atoms with Crippen molar-refractivity contribution >= 4 is 5.97 Å². The maximum atomic E-state index is 10.8. The van der Waals surface area contributed by atoms with Gasteiger partial charge in [0, 0.05) is 0 Å². The first-order valence-electron chi connectivity index (χ1n) is 6.69. The third-order valence-corrected chi connectivity index (χ3v) is 2.76. The molecule has 17 heavy (non-hydrogen) atoms. The van der Waals surface area contributed by atoms with Gasteiger partial charge in [0.15, 0.2) is 0 Å². The molecule has 0 aromatic carbocycles. The molecule has 0 aliphatic carbocycles. The number of carbonyl (C=O) groups is 1. The fraction of sp³-hybridized carbons (Fsp3) is 0.786. The summed E-state index contributed by atoms with van der Waals surface area (Å²) in [4.78, 5) is 10.8. The van der Waals surface area contributed by atoms with Crippen LogP contribution in [0.4, 0.5) is 0 Å². The Bertz CT molecular complexity index is 193. The first-order valence-corrected chi connectivity index (χ1v) is 6.69. The molecule has 0 heterocycles.